The van der Waals surface area contributed by atoms with E-state index in [0.717, 1.165) is 10.9 Å². The van der Waals surface area contributed by atoms with E-state index in [2.05, 4.69) is 0 Å². The van der Waals surface area contributed by atoms with Gasteiger partial charge in [-0.15, -0.1) is 0 Å². The second-order valence-corrected chi connectivity index (χ2v) is 2.62. The first-order valence-corrected chi connectivity index (χ1v) is 3.55. The van der Waals surface area contributed by atoms with Crippen LogP contribution in [-0.2, 0) is 0 Å². The minimum atomic E-state index is 0.0243. The molecule has 0 unspecified atom stereocenters. The first-order valence-electron chi connectivity index (χ1n) is 3.55. The molecular weight excluding hydrogens is 158 g/mol. The largest absolute Gasteiger partial charge is 0.490 e. The van der Waals surface area contributed by atoms with Gasteiger partial charge in [-0.05, 0) is 12.1 Å². The Labute approximate surface area is 67.4 Å². The van der Waals surface area contributed by atoms with Gasteiger partial charge in [0.1, 0.15) is 5.52 Å². The fourth-order valence-electron chi connectivity index (χ4n) is 1.40. The third-order valence-corrected chi connectivity index (χ3v) is 1.96. The maximum absolute atomic E-state index is 9.41. The fourth-order valence-corrected chi connectivity index (χ4v) is 1.40. The van der Waals surface area contributed by atoms with Gasteiger partial charge < -0.3 is 5.11 Å². The highest BCUT2D eigenvalue weighted by molar-refractivity contribution is 5.90. The normalized spacial score (nSPS) is 13.0. The van der Waals surface area contributed by atoms with Gasteiger partial charge in [-0.1, -0.05) is 16.9 Å². The SMILES string of the molecule is Oc1c2c3ccccc3n1OO2. The van der Waals surface area contributed by atoms with Crippen LogP contribution in [0, 0.1) is 0 Å². The maximum atomic E-state index is 9.41. The van der Waals surface area contributed by atoms with Crippen LogP contribution in [0.3, 0.4) is 0 Å². The van der Waals surface area contributed by atoms with Crippen LogP contribution in [0.4, 0.5) is 0 Å². The molecule has 60 valence electrons. The highest BCUT2D eigenvalue weighted by Crippen LogP contribution is 2.40. The summed E-state index contributed by atoms with van der Waals surface area (Å²) in [6.07, 6.45) is 0. The number of aromatic hydroxyl groups is 1. The quantitative estimate of drug-likeness (QED) is 0.591. The number of benzene rings is 1. The smallest absolute Gasteiger partial charge is 0.279 e. The molecule has 1 aromatic carbocycles. The molecule has 4 nitrogen and oxygen atoms in total. The number of aromatic nitrogens is 1. The van der Waals surface area contributed by atoms with Crippen molar-refractivity contribution >= 4 is 10.9 Å². The van der Waals surface area contributed by atoms with Crippen LogP contribution in [0.25, 0.3) is 10.9 Å². The number of nitrogens with zero attached hydrogens (tertiary/aromatic N) is 1. The average Bonchev–Trinajstić information content (AvgIpc) is 2.61. The molecule has 0 amide bonds. The molecule has 4 heteroatoms. The van der Waals surface area contributed by atoms with Crippen LogP contribution in [0.15, 0.2) is 24.3 Å². The number of hydrogen-bond donors (Lipinski definition) is 1. The molecule has 0 saturated carbocycles. The number of hydrogen-bond acceptors (Lipinski definition) is 3. The topological polar surface area (TPSA) is 43.6 Å². The molecule has 0 atom stereocenters. The zero-order valence-corrected chi connectivity index (χ0v) is 6.02. The van der Waals surface area contributed by atoms with Gasteiger partial charge in [0.2, 0.25) is 0 Å². The van der Waals surface area contributed by atoms with Crippen molar-refractivity contribution in [2.24, 2.45) is 0 Å². The van der Waals surface area contributed by atoms with Crippen LogP contribution in [-0.4, -0.2) is 9.84 Å². The van der Waals surface area contributed by atoms with Gasteiger partial charge >= 0.3 is 0 Å². The Morgan fingerprint density at radius 3 is 2.92 bits per heavy atom. The first-order chi connectivity index (χ1) is 5.88. The summed E-state index contributed by atoms with van der Waals surface area (Å²) in [6.45, 7) is 0. The van der Waals surface area contributed by atoms with Crippen molar-refractivity contribution in [1.82, 2.24) is 4.73 Å². The van der Waals surface area contributed by atoms with E-state index in [0.29, 0.717) is 5.75 Å². The monoisotopic (exact) mass is 163 g/mol. The zero-order valence-electron chi connectivity index (χ0n) is 6.02. The molecule has 0 saturated heterocycles. The predicted molar refractivity (Wildman–Crippen MR) is 40.8 cm³/mol. The summed E-state index contributed by atoms with van der Waals surface area (Å²) in [4.78, 5) is 9.45. The molecule has 2 heterocycles. The van der Waals surface area contributed by atoms with Crippen molar-refractivity contribution in [3.63, 3.8) is 0 Å². The van der Waals surface area contributed by atoms with Gasteiger partial charge in [0.25, 0.3) is 11.6 Å². The summed E-state index contributed by atoms with van der Waals surface area (Å²) in [5.41, 5.74) is 0.816. The van der Waals surface area contributed by atoms with E-state index in [1.165, 1.54) is 4.73 Å². The molecule has 3 rings (SSSR count). The van der Waals surface area contributed by atoms with Crippen LogP contribution < -0.4 is 9.88 Å². The molecule has 1 aliphatic rings. The van der Waals surface area contributed by atoms with Crippen molar-refractivity contribution in [2.75, 3.05) is 0 Å². The maximum Gasteiger partial charge on any atom is 0.279 e. The molecule has 0 spiro atoms. The number of para-hydroxylation sites is 1. The highest BCUT2D eigenvalue weighted by Gasteiger charge is 2.26. The fraction of sp³-hybridized carbons (Fsp3) is 0. The molecule has 0 aliphatic carbocycles. The van der Waals surface area contributed by atoms with Crippen molar-refractivity contribution < 1.29 is 15.0 Å². The third kappa shape index (κ3) is 0.460. The Morgan fingerprint density at radius 2 is 2.08 bits per heavy atom. The third-order valence-electron chi connectivity index (χ3n) is 1.96. The van der Waals surface area contributed by atoms with E-state index >= 15 is 0 Å². The summed E-state index contributed by atoms with van der Waals surface area (Å²) in [7, 11) is 0. The molecule has 1 N–H and O–H groups in total. The first kappa shape index (κ1) is 5.77. The predicted octanol–water partition coefficient (Wildman–Crippen LogP) is 1.08. The zero-order chi connectivity index (χ0) is 8.13. The summed E-state index contributed by atoms with van der Waals surface area (Å²) < 4.78 is 1.25. The Morgan fingerprint density at radius 1 is 1.25 bits per heavy atom. The summed E-state index contributed by atoms with van der Waals surface area (Å²) in [6, 6.07) is 7.46. The Hall–Kier alpha value is -1.84. The lowest BCUT2D eigenvalue weighted by Crippen LogP contribution is -2.10. The number of fused-ring (bicyclic) bond motifs is 5. The van der Waals surface area contributed by atoms with Gasteiger partial charge in [-0.2, -0.15) is 4.99 Å². The van der Waals surface area contributed by atoms with Gasteiger partial charge in [0.15, 0.2) is 0 Å². The average molecular weight is 163 g/mol. The van der Waals surface area contributed by atoms with E-state index in [4.69, 9.17) is 9.88 Å². The van der Waals surface area contributed by atoms with Crippen molar-refractivity contribution in [2.45, 2.75) is 0 Å². The highest BCUT2D eigenvalue weighted by atomic mass is 17.3. The Balaban J connectivity index is 2.59. The van der Waals surface area contributed by atoms with Crippen molar-refractivity contribution in [3.8, 4) is 11.6 Å². The van der Waals surface area contributed by atoms with E-state index in [9.17, 15) is 5.11 Å². The number of rotatable bonds is 0. The lowest BCUT2D eigenvalue weighted by molar-refractivity contribution is -0.185. The summed E-state index contributed by atoms with van der Waals surface area (Å²) >= 11 is 0. The Kier molecular flexibility index (Phi) is 0.798. The van der Waals surface area contributed by atoms with Crippen molar-refractivity contribution in [3.05, 3.63) is 24.3 Å². The van der Waals surface area contributed by atoms with Gasteiger partial charge in [0.05, 0.1) is 5.39 Å². The molecule has 2 bridgehead atoms. The van der Waals surface area contributed by atoms with Crippen LogP contribution in [0.2, 0.25) is 0 Å². The van der Waals surface area contributed by atoms with E-state index in [-0.39, 0.29) is 5.88 Å². The minimum absolute atomic E-state index is 0.0243. The molecule has 2 aromatic rings. The lowest BCUT2D eigenvalue weighted by Gasteiger charge is -2.02. The van der Waals surface area contributed by atoms with Crippen molar-refractivity contribution in [1.29, 1.82) is 0 Å². The second kappa shape index (κ2) is 1.66. The molecule has 1 aromatic heterocycles. The van der Waals surface area contributed by atoms with E-state index in [1.54, 1.807) is 0 Å². The lowest BCUT2D eigenvalue weighted by atomic mass is 10.2. The molecule has 12 heavy (non-hydrogen) atoms. The standard InChI is InChI=1S/C8H5NO3/c10-8-7-5-3-1-2-4-6(5)9(8)12-11-7/h1-4,10H. The molecular formula is C8H5NO3. The Bertz CT molecular complexity index is 420. The van der Waals surface area contributed by atoms with Crippen LogP contribution >= 0.6 is 0 Å². The van der Waals surface area contributed by atoms with E-state index in [1.807, 2.05) is 24.3 Å². The molecule has 0 fully saturated rings. The van der Waals surface area contributed by atoms with Crippen LogP contribution in [0.1, 0.15) is 0 Å². The van der Waals surface area contributed by atoms with Gasteiger partial charge in [0, 0.05) is 0 Å². The van der Waals surface area contributed by atoms with Gasteiger partial charge in [-0.3, -0.25) is 4.89 Å². The summed E-state index contributed by atoms with van der Waals surface area (Å²) in [5, 5.41) is 10.3. The van der Waals surface area contributed by atoms with Gasteiger partial charge in [-0.25, -0.2) is 0 Å². The minimum Gasteiger partial charge on any atom is -0.490 e. The summed E-state index contributed by atoms with van der Waals surface area (Å²) in [5.74, 6) is 0.418. The second-order valence-electron chi connectivity index (χ2n) is 2.62. The molecule has 1 aliphatic heterocycles. The molecule has 0 radical (unpaired) electrons. The van der Waals surface area contributed by atoms with E-state index < -0.39 is 0 Å². The van der Waals surface area contributed by atoms with Crippen LogP contribution in [0.5, 0.6) is 11.6 Å².